The minimum absolute atomic E-state index is 0.201. The number of thioether (sulfide) groups is 1. The standard InChI is InChI=1S/C22H26BrN3O2S/c1-29-15-12-20(25-21(27)18-6-2-3-7-19(18)23)22(28)24-16-8-10-17(11-9-16)26-13-4-5-14-26/h2-3,6-11,20H,4-5,12-15H2,1H3,(H,24,28)(H,25,27)/t20-/m1/s1. The Balaban J connectivity index is 1.65. The summed E-state index contributed by atoms with van der Waals surface area (Å²) >= 11 is 5.05. The fourth-order valence-corrected chi connectivity index (χ4v) is 4.28. The highest BCUT2D eigenvalue weighted by atomic mass is 79.9. The van der Waals surface area contributed by atoms with Crippen molar-refractivity contribution in [3.8, 4) is 0 Å². The van der Waals surface area contributed by atoms with Crippen LogP contribution in [0.3, 0.4) is 0 Å². The largest absolute Gasteiger partial charge is 0.372 e. The number of amides is 2. The van der Waals surface area contributed by atoms with Crippen LogP contribution in [0.1, 0.15) is 29.6 Å². The Labute approximate surface area is 184 Å². The molecule has 0 aliphatic carbocycles. The lowest BCUT2D eigenvalue weighted by atomic mass is 10.1. The summed E-state index contributed by atoms with van der Waals surface area (Å²) in [5.74, 6) is 0.318. The van der Waals surface area contributed by atoms with Gasteiger partial charge >= 0.3 is 0 Å². The minimum Gasteiger partial charge on any atom is -0.372 e. The molecule has 2 N–H and O–H groups in total. The van der Waals surface area contributed by atoms with Gasteiger partial charge in [0.2, 0.25) is 5.91 Å². The summed E-state index contributed by atoms with van der Waals surface area (Å²) in [4.78, 5) is 27.9. The molecule has 154 valence electrons. The van der Waals surface area contributed by atoms with E-state index in [2.05, 4.69) is 31.5 Å². The molecule has 0 spiro atoms. The van der Waals surface area contributed by atoms with Crippen LogP contribution in [0.5, 0.6) is 0 Å². The van der Waals surface area contributed by atoms with Crippen LogP contribution >= 0.6 is 27.7 Å². The summed E-state index contributed by atoms with van der Waals surface area (Å²) in [6.07, 6.45) is 5.01. The zero-order valence-corrected chi connectivity index (χ0v) is 18.9. The summed E-state index contributed by atoms with van der Waals surface area (Å²) in [7, 11) is 0. The average molecular weight is 476 g/mol. The molecule has 2 aromatic rings. The number of carbonyl (C=O) groups is 2. The first-order valence-electron chi connectivity index (χ1n) is 9.78. The number of anilines is 2. The third-order valence-corrected chi connectivity index (χ3v) is 6.29. The van der Waals surface area contributed by atoms with Crippen LogP contribution in [0, 0.1) is 0 Å². The Morgan fingerprint density at radius 1 is 1.10 bits per heavy atom. The van der Waals surface area contributed by atoms with Gasteiger partial charge in [0.1, 0.15) is 6.04 Å². The number of hydrogen-bond donors (Lipinski definition) is 2. The summed E-state index contributed by atoms with van der Waals surface area (Å²) in [6, 6.07) is 14.5. The van der Waals surface area contributed by atoms with Crippen molar-refractivity contribution in [3.63, 3.8) is 0 Å². The highest BCUT2D eigenvalue weighted by Gasteiger charge is 2.22. The lowest BCUT2D eigenvalue weighted by Gasteiger charge is -2.20. The summed E-state index contributed by atoms with van der Waals surface area (Å²) in [5, 5.41) is 5.83. The van der Waals surface area contributed by atoms with Gasteiger partial charge in [0.05, 0.1) is 5.56 Å². The third kappa shape index (κ3) is 6.00. The van der Waals surface area contributed by atoms with Crippen molar-refractivity contribution in [2.24, 2.45) is 0 Å². The van der Waals surface area contributed by atoms with Gasteiger partial charge in [0.25, 0.3) is 5.91 Å². The fourth-order valence-electron chi connectivity index (χ4n) is 3.35. The predicted octanol–water partition coefficient (Wildman–Crippen LogP) is 4.54. The van der Waals surface area contributed by atoms with Crippen LogP contribution < -0.4 is 15.5 Å². The summed E-state index contributed by atoms with van der Waals surface area (Å²) < 4.78 is 0.707. The van der Waals surface area contributed by atoms with Crippen LogP contribution in [0.4, 0.5) is 11.4 Å². The Morgan fingerprint density at radius 3 is 2.45 bits per heavy atom. The summed E-state index contributed by atoms with van der Waals surface area (Å²) in [5.41, 5.74) is 2.44. The lowest BCUT2D eigenvalue weighted by Crippen LogP contribution is -2.44. The molecule has 29 heavy (non-hydrogen) atoms. The first-order chi connectivity index (χ1) is 14.1. The van der Waals surface area contributed by atoms with Gasteiger partial charge in [0, 0.05) is 28.9 Å². The molecular formula is C22H26BrN3O2S. The molecular weight excluding hydrogens is 450 g/mol. The van der Waals surface area contributed by atoms with E-state index in [1.165, 1.54) is 18.5 Å². The molecule has 1 atom stereocenters. The van der Waals surface area contributed by atoms with Crippen molar-refractivity contribution < 1.29 is 9.59 Å². The van der Waals surface area contributed by atoms with Crippen molar-refractivity contribution in [3.05, 3.63) is 58.6 Å². The van der Waals surface area contributed by atoms with E-state index in [9.17, 15) is 9.59 Å². The molecule has 5 nitrogen and oxygen atoms in total. The number of hydrogen-bond acceptors (Lipinski definition) is 4. The lowest BCUT2D eigenvalue weighted by molar-refractivity contribution is -0.118. The van der Waals surface area contributed by atoms with Crippen LogP contribution in [0.25, 0.3) is 0 Å². The van der Waals surface area contributed by atoms with Crippen molar-refractivity contribution in [1.29, 1.82) is 0 Å². The van der Waals surface area contributed by atoms with Crippen LogP contribution in [-0.2, 0) is 4.79 Å². The van der Waals surface area contributed by atoms with Gasteiger partial charge in [0.15, 0.2) is 0 Å². The predicted molar refractivity (Wildman–Crippen MR) is 125 cm³/mol. The van der Waals surface area contributed by atoms with Crippen LogP contribution in [-0.4, -0.2) is 43.0 Å². The summed E-state index contributed by atoms with van der Waals surface area (Å²) in [6.45, 7) is 2.17. The molecule has 0 aromatic heterocycles. The zero-order chi connectivity index (χ0) is 20.6. The number of rotatable bonds is 8. The third-order valence-electron chi connectivity index (χ3n) is 4.96. The number of benzene rings is 2. The second-order valence-electron chi connectivity index (χ2n) is 7.02. The number of nitrogens with zero attached hydrogens (tertiary/aromatic N) is 1. The molecule has 1 fully saturated rings. The quantitative estimate of drug-likeness (QED) is 0.588. The topological polar surface area (TPSA) is 61.4 Å². The van der Waals surface area contributed by atoms with Gasteiger partial charge in [-0.05, 0) is 83.6 Å². The number of carbonyl (C=O) groups excluding carboxylic acids is 2. The zero-order valence-electron chi connectivity index (χ0n) is 16.5. The number of halogens is 1. The second-order valence-corrected chi connectivity index (χ2v) is 8.86. The Hall–Kier alpha value is -1.99. The van der Waals surface area contributed by atoms with E-state index in [1.807, 2.05) is 42.7 Å². The molecule has 0 saturated carbocycles. The van der Waals surface area contributed by atoms with Gasteiger partial charge in [-0.2, -0.15) is 11.8 Å². The average Bonchev–Trinajstić information content (AvgIpc) is 3.26. The Morgan fingerprint density at radius 2 is 1.79 bits per heavy atom. The normalized spacial score (nSPS) is 14.5. The molecule has 2 amide bonds. The molecule has 0 radical (unpaired) electrons. The molecule has 1 aliphatic heterocycles. The van der Waals surface area contributed by atoms with E-state index < -0.39 is 6.04 Å². The first kappa shape index (κ1) is 21.7. The highest BCUT2D eigenvalue weighted by molar-refractivity contribution is 9.10. The fraction of sp³-hybridized carbons (Fsp3) is 0.364. The second kappa shape index (κ2) is 10.7. The molecule has 0 bridgehead atoms. The molecule has 7 heteroatoms. The van der Waals surface area contributed by atoms with Crippen molar-refractivity contribution in [2.75, 3.05) is 35.3 Å². The number of nitrogens with one attached hydrogen (secondary N) is 2. The molecule has 2 aromatic carbocycles. The monoisotopic (exact) mass is 475 g/mol. The van der Waals surface area contributed by atoms with Gasteiger partial charge in [-0.3, -0.25) is 9.59 Å². The van der Waals surface area contributed by atoms with Gasteiger partial charge < -0.3 is 15.5 Å². The van der Waals surface area contributed by atoms with Crippen molar-refractivity contribution in [2.45, 2.75) is 25.3 Å². The van der Waals surface area contributed by atoms with Gasteiger partial charge in [-0.25, -0.2) is 0 Å². The maximum Gasteiger partial charge on any atom is 0.253 e. The maximum atomic E-state index is 12.9. The van der Waals surface area contributed by atoms with E-state index in [1.54, 1.807) is 23.9 Å². The van der Waals surface area contributed by atoms with Crippen molar-refractivity contribution >= 4 is 50.9 Å². The molecule has 1 aliphatic rings. The van der Waals surface area contributed by atoms with E-state index >= 15 is 0 Å². The van der Waals surface area contributed by atoms with Gasteiger partial charge in [-0.1, -0.05) is 12.1 Å². The van der Waals surface area contributed by atoms with Crippen LogP contribution in [0.2, 0.25) is 0 Å². The molecule has 0 unspecified atom stereocenters. The van der Waals surface area contributed by atoms with Gasteiger partial charge in [-0.15, -0.1) is 0 Å². The van der Waals surface area contributed by atoms with E-state index in [4.69, 9.17) is 0 Å². The van der Waals surface area contributed by atoms with Crippen LogP contribution in [0.15, 0.2) is 53.0 Å². The molecule has 3 rings (SSSR count). The maximum absolute atomic E-state index is 12.9. The van der Waals surface area contributed by atoms with E-state index in [-0.39, 0.29) is 11.8 Å². The molecule has 1 saturated heterocycles. The first-order valence-corrected chi connectivity index (χ1v) is 12.0. The SMILES string of the molecule is CSCC[C@@H](NC(=O)c1ccccc1Br)C(=O)Nc1ccc(N2CCCC2)cc1. The minimum atomic E-state index is -0.597. The van der Waals surface area contributed by atoms with Crippen molar-refractivity contribution in [1.82, 2.24) is 5.32 Å². The Kier molecular flexibility index (Phi) is 8.00. The molecule has 1 heterocycles. The highest BCUT2D eigenvalue weighted by Crippen LogP contribution is 2.22. The smallest absolute Gasteiger partial charge is 0.253 e. The van der Waals surface area contributed by atoms with E-state index in [0.29, 0.717) is 16.5 Å². The van der Waals surface area contributed by atoms with E-state index in [0.717, 1.165) is 24.5 Å². The Bertz CT molecular complexity index is 838.